The SMILES string of the molecule is CCCCN1CCN(S(=O)(=O)c2cc(-c3nnc(C4CC4)o3)co2)CC1. The summed E-state index contributed by atoms with van der Waals surface area (Å²) in [6.07, 6.45) is 5.79. The molecule has 0 bridgehead atoms. The number of aromatic nitrogens is 2. The van der Waals surface area contributed by atoms with Gasteiger partial charge >= 0.3 is 0 Å². The largest absolute Gasteiger partial charge is 0.451 e. The molecule has 0 spiro atoms. The van der Waals surface area contributed by atoms with Gasteiger partial charge in [0.2, 0.25) is 11.0 Å². The van der Waals surface area contributed by atoms with E-state index in [4.69, 9.17) is 8.83 Å². The molecule has 0 atom stereocenters. The number of hydrogen-bond donors (Lipinski definition) is 0. The minimum Gasteiger partial charge on any atom is -0.451 e. The van der Waals surface area contributed by atoms with Gasteiger partial charge in [0.1, 0.15) is 6.26 Å². The lowest BCUT2D eigenvalue weighted by atomic mass is 10.3. The Morgan fingerprint density at radius 3 is 2.65 bits per heavy atom. The second-order valence-electron chi connectivity index (χ2n) is 6.97. The molecule has 2 fully saturated rings. The Labute approximate surface area is 153 Å². The molecule has 1 aliphatic carbocycles. The lowest BCUT2D eigenvalue weighted by Crippen LogP contribution is -2.48. The van der Waals surface area contributed by atoms with E-state index in [0.29, 0.717) is 36.4 Å². The molecule has 142 valence electrons. The lowest BCUT2D eigenvalue weighted by molar-refractivity contribution is 0.184. The van der Waals surface area contributed by atoms with Crippen LogP contribution in [0.2, 0.25) is 0 Å². The summed E-state index contributed by atoms with van der Waals surface area (Å²) in [6, 6.07) is 1.48. The van der Waals surface area contributed by atoms with Crippen molar-refractivity contribution in [2.75, 3.05) is 32.7 Å². The minimum absolute atomic E-state index is 0.0688. The van der Waals surface area contributed by atoms with E-state index in [1.165, 1.54) is 16.6 Å². The predicted octanol–water partition coefficient (Wildman–Crippen LogP) is 2.31. The molecule has 1 aliphatic heterocycles. The van der Waals surface area contributed by atoms with Crippen molar-refractivity contribution in [3.8, 4) is 11.5 Å². The molecule has 1 saturated heterocycles. The molecule has 2 aromatic rings. The van der Waals surface area contributed by atoms with E-state index in [0.717, 1.165) is 45.3 Å². The topological polar surface area (TPSA) is 92.7 Å². The maximum Gasteiger partial charge on any atom is 0.276 e. The number of furan rings is 1. The first kappa shape index (κ1) is 17.7. The van der Waals surface area contributed by atoms with E-state index < -0.39 is 10.0 Å². The van der Waals surface area contributed by atoms with Crippen LogP contribution in [0.5, 0.6) is 0 Å². The van der Waals surface area contributed by atoms with E-state index in [1.54, 1.807) is 0 Å². The van der Waals surface area contributed by atoms with E-state index >= 15 is 0 Å². The highest BCUT2D eigenvalue weighted by molar-refractivity contribution is 7.89. The summed E-state index contributed by atoms with van der Waals surface area (Å²) >= 11 is 0. The smallest absolute Gasteiger partial charge is 0.276 e. The molecular weight excluding hydrogens is 356 g/mol. The Balaban J connectivity index is 1.44. The Hall–Kier alpha value is -1.71. The van der Waals surface area contributed by atoms with Crippen LogP contribution in [-0.4, -0.2) is 60.5 Å². The molecule has 0 aromatic carbocycles. The van der Waals surface area contributed by atoms with Crippen LogP contribution in [0.4, 0.5) is 0 Å². The van der Waals surface area contributed by atoms with E-state index in [-0.39, 0.29) is 5.09 Å². The molecule has 0 unspecified atom stereocenters. The van der Waals surface area contributed by atoms with Crippen LogP contribution in [0.25, 0.3) is 11.5 Å². The Morgan fingerprint density at radius 1 is 1.19 bits per heavy atom. The third-order valence-electron chi connectivity index (χ3n) is 4.94. The number of unbranched alkanes of at least 4 members (excludes halogenated alkanes) is 1. The van der Waals surface area contributed by atoms with Gasteiger partial charge in [-0.15, -0.1) is 10.2 Å². The van der Waals surface area contributed by atoms with E-state index in [2.05, 4.69) is 22.0 Å². The Morgan fingerprint density at radius 2 is 1.96 bits per heavy atom. The van der Waals surface area contributed by atoms with Crippen molar-refractivity contribution < 1.29 is 17.3 Å². The van der Waals surface area contributed by atoms with Crippen LogP contribution < -0.4 is 0 Å². The van der Waals surface area contributed by atoms with Crippen molar-refractivity contribution in [1.82, 2.24) is 19.4 Å². The monoisotopic (exact) mass is 380 g/mol. The zero-order chi connectivity index (χ0) is 18.1. The molecule has 2 aromatic heterocycles. The molecule has 0 amide bonds. The molecule has 0 radical (unpaired) electrons. The number of sulfonamides is 1. The first-order chi connectivity index (χ1) is 12.6. The third kappa shape index (κ3) is 3.56. The van der Waals surface area contributed by atoms with E-state index in [1.807, 2.05) is 0 Å². The summed E-state index contributed by atoms with van der Waals surface area (Å²) in [7, 11) is -3.64. The molecule has 2 aliphatic rings. The van der Waals surface area contributed by atoms with Gasteiger partial charge < -0.3 is 13.7 Å². The minimum atomic E-state index is -3.64. The molecule has 8 nitrogen and oxygen atoms in total. The van der Waals surface area contributed by atoms with Gasteiger partial charge in [-0.2, -0.15) is 4.31 Å². The number of rotatable bonds is 7. The third-order valence-corrected chi connectivity index (χ3v) is 6.71. The zero-order valence-electron chi connectivity index (χ0n) is 14.9. The fourth-order valence-corrected chi connectivity index (χ4v) is 4.46. The normalized spacial score (nSPS) is 19.9. The van der Waals surface area contributed by atoms with Crippen LogP contribution in [0.1, 0.15) is 44.4 Å². The average molecular weight is 380 g/mol. The second-order valence-corrected chi connectivity index (χ2v) is 8.84. The highest BCUT2D eigenvalue weighted by Gasteiger charge is 2.32. The molecule has 3 heterocycles. The van der Waals surface area contributed by atoms with Crippen molar-refractivity contribution in [1.29, 1.82) is 0 Å². The lowest BCUT2D eigenvalue weighted by Gasteiger charge is -2.33. The van der Waals surface area contributed by atoms with Gasteiger partial charge in [0, 0.05) is 38.2 Å². The van der Waals surface area contributed by atoms with Gasteiger partial charge in [-0.3, -0.25) is 0 Å². The number of piperazine rings is 1. The number of hydrogen-bond acceptors (Lipinski definition) is 7. The summed E-state index contributed by atoms with van der Waals surface area (Å²) in [5.41, 5.74) is 0.504. The summed E-state index contributed by atoms with van der Waals surface area (Å²) < 4.78 is 38.1. The standard InChI is InChI=1S/C17H24N4O4S/c1-2-3-6-20-7-9-21(10-8-20)26(22,23)15-11-14(12-24-15)17-19-18-16(25-17)13-4-5-13/h11-13H,2-10H2,1H3. The molecule has 26 heavy (non-hydrogen) atoms. The molecule has 1 saturated carbocycles. The fraction of sp³-hybridized carbons (Fsp3) is 0.647. The van der Waals surface area contributed by atoms with Crippen LogP contribution in [-0.2, 0) is 10.0 Å². The summed E-state index contributed by atoms with van der Waals surface area (Å²) in [5, 5.41) is 7.96. The molecule has 4 rings (SSSR count). The van der Waals surface area contributed by atoms with Gasteiger partial charge in [-0.1, -0.05) is 13.3 Å². The van der Waals surface area contributed by atoms with Gasteiger partial charge in [-0.05, 0) is 25.8 Å². The highest BCUT2D eigenvalue weighted by Crippen LogP contribution is 2.40. The summed E-state index contributed by atoms with van der Waals surface area (Å²) in [5.74, 6) is 1.28. The van der Waals surface area contributed by atoms with Crippen LogP contribution in [0, 0.1) is 0 Å². The first-order valence-electron chi connectivity index (χ1n) is 9.22. The van der Waals surface area contributed by atoms with Crippen LogP contribution in [0.15, 0.2) is 26.3 Å². The predicted molar refractivity (Wildman–Crippen MR) is 94.1 cm³/mol. The maximum atomic E-state index is 12.8. The molecule has 9 heteroatoms. The van der Waals surface area contributed by atoms with Crippen molar-refractivity contribution in [3.63, 3.8) is 0 Å². The molecule has 0 N–H and O–H groups in total. The van der Waals surface area contributed by atoms with Gasteiger partial charge in [0.15, 0.2) is 0 Å². The maximum absolute atomic E-state index is 12.8. The Kier molecular flexibility index (Phi) is 4.85. The van der Waals surface area contributed by atoms with Crippen molar-refractivity contribution in [3.05, 3.63) is 18.2 Å². The van der Waals surface area contributed by atoms with Gasteiger partial charge in [-0.25, -0.2) is 8.42 Å². The Bertz CT molecular complexity index is 848. The quantitative estimate of drug-likeness (QED) is 0.728. The highest BCUT2D eigenvalue weighted by atomic mass is 32.2. The summed E-state index contributed by atoms with van der Waals surface area (Å²) in [6.45, 7) is 5.65. The second kappa shape index (κ2) is 7.13. The number of nitrogens with zero attached hydrogens (tertiary/aromatic N) is 4. The van der Waals surface area contributed by atoms with Crippen LogP contribution in [0.3, 0.4) is 0 Å². The molecular formula is C17H24N4O4S. The summed E-state index contributed by atoms with van der Waals surface area (Å²) in [4.78, 5) is 2.31. The first-order valence-corrected chi connectivity index (χ1v) is 10.7. The zero-order valence-corrected chi connectivity index (χ0v) is 15.7. The van der Waals surface area contributed by atoms with Crippen molar-refractivity contribution >= 4 is 10.0 Å². The average Bonchev–Trinajstić information content (AvgIpc) is 3.18. The fourth-order valence-electron chi connectivity index (χ4n) is 3.11. The van der Waals surface area contributed by atoms with Gasteiger partial charge in [0.25, 0.3) is 15.9 Å². The van der Waals surface area contributed by atoms with E-state index in [9.17, 15) is 8.42 Å². The van der Waals surface area contributed by atoms with Gasteiger partial charge in [0.05, 0.1) is 5.56 Å². The van der Waals surface area contributed by atoms with Crippen LogP contribution >= 0.6 is 0 Å². The van der Waals surface area contributed by atoms with Crippen molar-refractivity contribution in [2.45, 2.75) is 43.6 Å². The van der Waals surface area contributed by atoms with Crippen molar-refractivity contribution in [2.24, 2.45) is 0 Å².